The summed E-state index contributed by atoms with van der Waals surface area (Å²) in [7, 11) is 0. The summed E-state index contributed by atoms with van der Waals surface area (Å²) in [5, 5.41) is 3.93. The van der Waals surface area contributed by atoms with Crippen molar-refractivity contribution in [3.05, 3.63) is 29.4 Å². The zero-order valence-electron chi connectivity index (χ0n) is 14.3. The molecule has 0 spiro atoms. The van der Waals surface area contributed by atoms with Crippen molar-refractivity contribution in [2.75, 3.05) is 19.8 Å². The number of morpholine rings is 1. The van der Waals surface area contributed by atoms with Gasteiger partial charge in [0.25, 0.3) is 0 Å². The normalized spacial score (nSPS) is 18.3. The topological polar surface area (TPSA) is 97.1 Å². The van der Waals surface area contributed by atoms with Crippen molar-refractivity contribution in [1.29, 1.82) is 0 Å². The SMILES string of the molecule is Cc1cnc([C@@H]2COCCN2C(=O)CCc2nc(C(C)C)no2)[nH]1. The minimum atomic E-state index is -0.172. The Morgan fingerprint density at radius 2 is 2.33 bits per heavy atom. The molecule has 1 N–H and O–H groups in total. The first-order chi connectivity index (χ1) is 11.5. The highest BCUT2D eigenvalue weighted by Gasteiger charge is 2.30. The molecule has 0 bridgehead atoms. The molecule has 24 heavy (non-hydrogen) atoms. The third-order valence-corrected chi connectivity index (χ3v) is 4.04. The number of aromatic nitrogens is 4. The lowest BCUT2D eigenvalue weighted by Gasteiger charge is -2.34. The second kappa shape index (κ2) is 7.12. The van der Waals surface area contributed by atoms with Gasteiger partial charge in [-0.1, -0.05) is 19.0 Å². The number of imidazole rings is 1. The summed E-state index contributed by atoms with van der Waals surface area (Å²) in [5.74, 6) is 2.20. The molecule has 1 atom stereocenters. The van der Waals surface area contributed by atoms with Crippen molar-refractivity contribution >= 4 is 5.91 Å². The fourth-order valence-electron chi connectivity index (χ4n) is 2.69. The zero-order valence-corrected chi connectivity index (χ0v) is 14.3. The predicted octanol–water partition coefficient (Wildman–Crippen LogP) is 1.76. The van der Waals surface area contributed by atoms with Gasteiger partial charge in [0.2, 0.25) is 11.8 Å². The number of carbonyl (C=O) groups is 1. The van der Waals surface area contributed by atoms with Crippen LogP contribution >= 0.6 is 0 Å². The van der Waals surface area contributed by atoms with E-state index in [1.54, 1.807) is 6.20 Å². The van der Waals surface area contributed by atoms with E-state index in [1.807, 2.05) is 25.7 Å². The number of carbonyl (C=O) groups excluding carboxylic acids is 1. The van der Waals surface area contributed by atoms with Gasteiger partial charge in [0, 0.05) is 37.2 Å². The first-order valence-electron chi connectivity index (χ1n) is 8.25. The van der Waals surface area contributed by atoms with Crippen LogP contribution in [0.15, 0.2) is 10.7 Å². The molecule has 1 aliphatic heterocycles. The molecule has 0 saturated carbocycles. The average Bonchev–Trinajstić information content (AvgIpc) is 3.21. The fraction of sp³-hybridized carbons (Fsp3) is 0.625. The average molecular weight is 333 g/mol. The first kappa shape index (κ1) is 16.6. The van der Waals surface area contributed by atoms with Crippen LogP contribution < -0.4 is 0 Å². The van der Waals surface area contributed by atoms with Crippen molar-refractivity contribution in [3.8, 4) is 0 Å². The first-order valence-corrected chi connectivity index (χ1v) is 8.25. The molecule has 1 saturated heterocycles. The van der Waals surface area contributed by atoms with Gasteiger partial charge in [-0.25, -0.2) is 4.98 Å². The van der Waals surface area contributed by atoms with Crippen LogP contribution in [-0.2, 0) is 16.0 Å². The molecular weight excluding hydrogens is 310 g/mol. The highest BCUT2D eigenvalue weighted by molar-refractivity contribution is 5.76. The van der Waals surface area contributed by atoms with E-state index < -0.39 is 0 Å². The van der Waals surface area contributed by atoms with Gasteiger partial charge in [-0.2, -0.15) is 4.98 Å². The number of hydrogen-bond donors (Lipinski definition) is 1. The molecule has 0 radical (unpaired) electrons. The van der Waals surface area contributed by atoms with Crippen molar-refractivity contribution < 1.29 is 14.1 Å². The van der Waals surface area contributed by atoms with E-state index in [0.717, 1.165) is 11.5 Å². The van der Waals surface area contributed by atoms with Gasteiger partial charge < -0.3 is 19.1 Å². The van der Waals surface area contributed by atoms with Gasteiger partial charge in [-0.15, -0.1) is 0 Å². The van der Waals surface area contributed by atoms with E-state index in [9.17, 15) is 4.79 Å². The van der Waals surface area contributed by atoms with Crippen molar-refractivity contribution in [2.45, 2.75) is 45.6 Å². The van der Waals surface area contributed by atoms with E-state index in [1.165, 1.54) is 0 Å². The highest BCUT2D eigenvalue weighted by atomic mass is 16.5. The molecule has 8 heteroatoms. The smallest absolute Gasteiger partial charge is 0.227 e. The zero-order chi connectivity index (χ0) is 17.1. The minimum Gasteiger partial charge on any atom is -0.377 e. The Morgan fingerprint density at radius 3 is 3.00 bits per heavy atom. The molecule has 3 rings (SSSR count). The molecule has 0 unspecified atom stereocenters. The second-order valence-corrected chi connectivity index (χ2v) is 6.33. The molecule has 2 aromatic rings. The Balaban J connectivity index is 1.63. The molecule has 1 fully saturated rings. The quantitative estimate of drug-likeness (QED) is 0.895. The highest BCUT2D eigenvalue weighted by Crippen LogP contribution is 2.23. The lowest BCUT2D eigenvalue weighted by Crippen LogP contribution is -2.44. The molecule has 2 aromatic heterocycles. The van der Waals surface area contributed by atoms with Crippen LogP contribution in [0, 0.1) is 6.92 Å². The van der Waals surface area contributed by atoms with Crippen LogP contribution in [0.1, 0.15) is 55.5 Å². The summed E-state index contributed by atoms with van der Waals surface area (Å²) in [6.07, 6.45) is 2.54. The Morgan fingerprint density at radius 1 is 1.50 bits per heavy atom. The van der Waals surface area contributed by atoms with Crippen LogP contribution in [-0.4, -0.2) is 50.7 Å². The minimum absolute atomic E-state index is 0.0432. The summed E-state index contributed by atoms with van der Waals surface area (Å²) in [4.78, 5) is 26.3. The summed E-state index contributed by atoms with van der Waals surface area (Å²) in [6, 6.07) is -0.172. The van der Waals surface area contributed by atoms with Crippen LogP contribution in [0.2, 0.25) is 0 Å². The lowest BCUT2D eigenvalue weighted by atomic mass is 10.1. The Kier molecular flexibility index (Phi) is 4.94. The van der Waals surface area contributed by atoms with Gasteiger partial charge >= 0.3 is 0 Å². The number of rotatable bonds is 5. The van der Waals surface area contributed by atoms with Crippen molar-refractivity contribution in [1.82, 2.24) is 25.0 Å². The number of H-pyrrole nitrogens is 1. The van der Waals surface area contributed by atoms with Crippen LogP contribution in [0.5, 0.6) is 0 Å². The molecule has 0 aromatic carbocycles. The summed E-state index contributed by atoms with van der Waals surface area (Å²) >= 11 is 0. The largest absolute Gasteiger partial charge is 0.377 e. The van der Waals surface area contributed by atoms with Gasteiger partial charge in [0.15, 0.2) is 5.82 Å². The number of nitrogens with zero attached hydrogens (tertiary/aromatic N) is 4. The summed E-state index contributed by atoms with van der Waals surface area (Å²) in [6.45, 7) is 7.50. The van der Waals surface area contributed by atoms with Crippen LogP contribution in [0.25, 0.3) is 0 Å². The number of aryl methyl sites for hydroxylation is 2. The third kappa shape index (κ3) is 3.64. The van der Waals surface area contributed by atoms with Crippen LogP contribution in [0.3, 0.4) is 0 Å². The molecule has 3 heterocycles. The standard InChI is InChI=1S/C16H23N5O3/c1-10(2)15-19-13(24-20-15)4-5-14(22)21-6-7-23-9-12(21)16-17-8-11(3)18-16/h8,10,12H,4-7,9H2,1-3H3,(H,17,18)/t12-/m0/s1. The number of nitrogens with one attached hydrogen (secondary N) is 1. The number of aromatic amines is 1. The van der Waals surface area contributed by atoms with E-state index in [4.69, 9.17) is 9.26 Å². The number of ether oxygens (including phenoxy) is 1. The van der Waals surface area contributed by atoms with Crippen molar-refractivity contribution in [2.24, 2.45) is 0 Å². The molecule has 8 nitrogen and oxygen atoms in total. The third-order valence-electron chi connectivity index (χ3n) is 4.04. The molecule has 0 aliphatic carbocycles. The lowest BCUT2D eigenvalue weighted by molar-refractivity contribution is -0.140. The molecular formula is C16H23N5O3. The maximum atomic E-state index is 12.6. The van der Waals surface area contributed by atoms with E-state index >= 15 is 0 Å². The molecule has 1 amide bonds. The Hall–Kier alpha value is -2.22. The maximum Gasteiger partial charge on any atom is 0.227 e. The van der Waals surface area contributed by atoms with Gasteiger partial charge in [0.1, 0.15) is 11.9 Å². The maximum absolute atomic E-state index is 12.6. The fourth-order valence-corrected chi connectivity index (χ4v) is 2.69. The molecule has 130 valence electrons. The van der Waals surface area contributed by atoms with E-state index in [-0.39, 0.29) is 17.9 Å². The van der Waals surface area contributed by atoms with Gasteiger partial charge in [0.05, 0.1) is 13.2 Å². The monoisotopic (exact) mass is 333 g/mol. The number of amides is 1. The molecule has 1 aliphatic rings. The van der Waals surface area contributed by atoms with Crippen molar-refractivity contribution in [3.63, 3.8) is 0 Å². The second-order valence-electron chi connectivity index (χ2n) is 6.33. The van der Waals surface area contributed by atoms with Crippen LogP contribution in [0.4, 0.5) is 0 Å². The van der Waals surface area contributed by atoms with Gasteiger partial charge in [-0.3, -0.25) is 4.79 Å². The van der Waals surface area contributed by atoms with E-state index in [2.05, 4.69) is 20.1 Å². The summed E-state index contributed by atoms with van der Waals surface area (Å²) in [5.41, 5.74) is 0.968. The Labute approximate surface area is 140 Å². The van der Waals surface area contributed by atoms with E-state index in [0.29, 0.717) is 44.3 Å². The summed E-state index contributed by atoms with van der Waals surface area (Å²) < 4.78 is 10.7. The number of hydrogen-bond acceptors (Lipinski definition) is 6. The Bertz CT molecular complexity index is 693. The predicted molar refractivity (Wildman–Crippen MR) is 85.3 cm³/mol. The van der Waals surface area contributed by atoms with Gasteiger partial charge in [-0.05, 0) is 6.92 Å².